The summed E-state index contributed by atoms with van der Waals surface area (Å²) in [5.74, 6) is -0.585. The Morgan fingerprint density at radius 2 is 1.57 bits per heavy atom. The highest BCUT2D eigenvalue weighted by molar-refractivity contribution is 7.85. The third-order valence-electron chi connectivity index (χ3n) is 7.27. The van der Waals surface area contributed by atoms with E-state index in [1.54, 1.807) is 31.4 Å². The van der Waals surface area contributed by atoms with Crippen LogP contribution in [0.4, 0.5) is 20.2 Å². The van der Waals surface area contributed by atoms with Gasteiger partial charge in [-0.1, -0.05) is 48.5 Å². The molecule has 3 nitrogen and oxygen atoms in total. The van der Waals surface area contributed by atoms with Crippen molar-refractivity contribution < 1.29 is 13.0 Å². The Labute approximate surface area is 217 Å². The fourth-order valence-corrected chi connectivity index (χ4v) is 5.95. The average Bonchev–Trinajstić information content (AvgIpc) is 2.89. The van der Waals surface area contributed by atoms with E-state index < -0.39 is 11.0 Å². The number of rotatable bonds is 4. The molecular formula is C31H26F2N2OS. The highest BCUT2D eigenvalue weighted by Gasteiger charge is 2.28. The predicted octanol–water partition coefficient (Wildman–Crippen LogP) is 7.60. The lowest BCUT2D eigenvalue weighted by molar-refractivity contribution is 0.618. The van der Waals surface area contributed by atoms with Crippen molar-refractivity contribution in [1.29, 1.82) is 0 Å². The molecule has 6 rings (SSSR count). The number of halogens is 2. The predicted molar refractivity (Wildman–Crippen MR) is 150 cm³/mol. The zero-order valence-corrected chi connectivity index (χ0v) is 21.4. The molecule has 1 atom stereocenters. The van der Waals surface area contributed by atoms with E-state index in [9.17, 15) is 8.60 Å². The fraction of sp³-hybridized carbons (Fsp3) is 0.161. The molecule has 4 aromatic carbocycles. The lowest BCUT2D eigenvalue weighted by Crippen LogP contribution is -2.19. The van der Waals surface area contributed by atoms with Gasteiger partial charge < -0.3 is 10.0 Å². The van der Waals surface area contributed by atoms with Crippen LogP contribution in [0, 0.1) is 18.6 Å². The molecule has 0 saturated heterocycles. The Bertz CT molecular complexity index is 1630. The van der Waals surface area contributed by atoms with Crippen molar-refractivity contribution in [3.05, 3.63) is 107 Å². The topological polar surface area (TPSA) is 41.1 Å². The molecule has 4 aromatic rings. The van der Waals surface area contributed by atoms with Gasteiger partial charge in [-0.05, 0) is 88.6 Å². The summed E-state index contributed by atoms with van der Waals surface area (Å²) >= 11 is 0. The van der Waals surface area contributed by atoms with Crippen molar-refractivity contribution in [3.8, 4) is 22.3 Å². The zero-order valence-electron chi connectivity index (χ0n) is 20.6. The van der Waals surface area contributed by atoms with Gasteiger partial charge in [0.1, 0.15) is 16.8 Å². The number of anilines is 2. The minimum Gasteiger partial charge on any atom is -0.378 e. The highest BCUT2D eigenvalue weighted by Crippen LogP contribution is 2.45. The monoisotopic (exact) mass is 512 g/mol. The Hall–Kier alpha value is -3.77. The van der Waals surface area contributed by atoms with Crippen LogP contribution in [-0.2, 0) is 17.4 Å². The van der Waals surface area contributed by atoms with Crippen LogP contribution < -0.4 is 10.0 Å². The smallest absolute Gasteiger partial charge is 0.154 e. The molecule has 0 aromatic heterocycles. The third kappa shape index (κ3) is 4.25. The van der Waals surface area contributed by atoms with E-state index in [0.29, 0.717) is 28.9 Å². The second-order valence-corrected chi connectivity index (χ2v) is 10.7. The molecule has 0 fully saturated rings. The molecule has 37 heavy (non-hydrogen) atoms. The SMILES string of the molecule is Cc1cc(-c2ccc3c(c2F)NCC2=C3CCc3cc(-c4cccc(NS(C)=O)c4)ccc32)ccc1F. The first-order valence-corrected chi connectivity index (χ1v) is 13.8. The molecule has 186 valence electrons. The largest absolute Gasteiger partial charge is 0.378 e. The van der Waals surface area contributed by atoms with Gasteiger partial charge in [-0.3, -0.25) is 0 Å². The van der Waals surface area contributed by atoms with Crippen molar-refractivity contribution in [2.45, 2.75) is 19.8 Å². The molecule has 2 aliphatic rings. The summed E-state index contributed by atoms with van der Waals surface area (Å²) in [6.45, 7) is 2.25. The van der Waals surface area contributed by atoms with Crippen LogP contribution in [-0.4, -0.2) is 17.0 Å². The van der Waals surface area contributed by atoms with Crippen LogP contribution in [0.5, 0.6) is 0 Å². The van der Waals surface area contributed by atoms with Crippen LogP contribution in [0.2, 0.25) is 0 Å². The summed E-state index contributed by atoms with van der Waals surface area (Å²) in [5, 5.41) is 3.34. The molecule has 0 radical (unpaired) electrons. The number of hydrogen-bond donors (Lipinski definition) is 2. The van der Waals surface area contributed by atoms with E-state index >= 15 is 4.39 Å². The van der Waals surface area contributed by atoms with Crippen molar-refractivity contribution in [2.75, 3.05) is 22.8 Å². The van der Waals surface area contributed by atoms with Crippen molar-refractivity contribution in [1.82, 2.24) is 0 Å². The van der Waals surface area contributed by atoms with Gasteiger partial charge in [-0.2, -0.15) is 0 Å². The van der Waals surface area contributed by atoms with E-state index in [-0.39, 0.29) is 11.6 Å². The van der Waals surface area contributed by atoms with Gasteiger partial charge in [-0.25, -0.2) is 13.0 Å². The molecule has 0 saturated carbocycles. The van der Waals surface area contributed by atoms with Crippen LogP contribution in [0.25, 0.3) is 33.4 Å². The third-order valence-corrected chi connectivity index (χ3v) is 7.80. The van der Waals surface area contributed by atoms with Crippen molar-refractivity contribution in [3.63, 3.8) is 0 Å². The van der Waals surface area contributed by atoms with E-state index in [1.807, 2.05) is 24.3 Å². The average molecular weight is 513 g/mol. The number of nitrogens with one attached hydrogen (secondary N) is 2. The van der Waals surface area contributed by atoms with Gasteiger partial charge in [0.25, 0.3) is 0 Å². The zero-order chi connectivity index (χ0) is 25.7. The lowest BCUT2D eigenvalue weighted by Gasteiger charge is -2.31. The highest BCUT2D eigenvalue weighted by atomic mass is 32.2. The molecule has 1 unspecified atom stereocenters. The number of aryl methyl sites for hydroxylation is 2. The summed E-state index contributed by atoms with van der Waals surface area (Å²) in [7, 11) is -1.13. The summed E-state index contributed by atoms with van der Waals surface area (Å²) < 4.78 is 43.9. The number of fused-ring (bicyclic) bond motifs is 4. The first-order chi connectivity index (χ1) is 17.9. The summed E-state index contributed by atoms with van der Waals surface area (Å²) in [6, 6.07) is 23.0. The lowest BCUT2D eigenvalue weighted by atomic mass is 9.79. The van der Waals surface area contributed by atoms with E-state index in [4.69, 9.17) is 0 Å². The molecule has 6 heteroatoms. The molecule has 0 amide bonds. The quantitative estimate of drug-likeness (QED) is 0.296. The van der Waals surface area contributed by atoms with Gasteiger partial charge in [-0.15, -0.1) is 0 Å². The summed E-state index contributed by atoms with van der Waals surface area (Å²) in [6.07, 6.45) is 3.33. The normalized spacial score (nSPS) is 14.8. The molecule has 0 spiro atoms. The van der Waals surface area contributed by atoms with Crippen molar-refractivity contribution >= 4 is 33.5 Å². The van der Waals surface area contributed by atoms with Gasteiger partial charge in [0.2, 0.25) is 0 Å². The van der Waals surface area contributed by atoms with Crippen LogP contribution >= 0.6 is 0 Å². The minimum absolute atomic E-state index is 0.291. The van der Waals surface area contributed by atoms with Gasteiger partial charge >= 0.3 is 0 Å². The van der Waals surface area contributed by atoms with Crippen LogP contribution in [0.1, 0.15) is 28.7 Å². The van der Waals surface area contributed by atoms with Gasteiger partial charge in [0.15, 0.2) is 5.82 Å². The minimum atomic E-state index is -1.13. The second kappa shape index (κ2) is 9.27. The maximum absolute atomic E-state index is 15.7. The molecule has 2 N–H and O–H groups in total. The molecule has 1 aliphatic heterocycles. The Morgan fingerprint density at radius 1 is 0.811 bits per heavy atom. The first-order valence-electron chi connectivity index (χ1n) is 12.3. The molecule has 0 bridgehead atoms. The van der Waals surface area contributed by atoms with Gasteiger partial charge in [0.05, 0.1) is 5.69 Å². The summed E-state index contributed by atoms with van der Waals surface area (Å²) in [4.78, 5) is 0. The van der Waals surface area contributed by atoms with Crippen LogP contribution in [0.15, 0.2) is 72.8 Å². The standard InChI is InChI=1S/C31H26F2N2OS/c1-18-14-21(8-13-29(18)32)25-11-12-27-26-10-7-22-15-20(19-4-3-5-23(16-19)35-37(2)36)6-9-24(22)28(26)17-34-31(27)30(25)33/h3-6,8-9,11-16,34-35H,7,10,17H2,1-2H3. The maximum atomic E-state index is 15.7. The van der Waals surface area contributed by atoms with Crippen LogP contribution in [0.3, 0.4) is 0 Å². The number of allylic oxidation sites excluding steroid dienone is 1. The number of benzene rings is 4. The molecule has 1 aliphatic carbocycles. The Balaban J connectivity index is 1.36. The Morgan fingerprint density at radius 3 is 2.38 bits per heavy atom. The molecule has 1 heterocycles. The Kier molecular flexibility index (Phi) is 5.92. The van der Waals surface area contributed by atoms with Gasteiger partial charge in [0, 0.05) is 29.6 Å². The summed E-state index contributed by atoms with van der Waals surface area (Å²) in [5.41, 5.74) is 11.0. The van der Waals surface area contributed by atoms with E-state index in [0.717, 1.165) is 35.2 Å². The second-order valence-electron chi connectivity index (χ2n) is 9.63. The maximum Gasteiger partial charge on any atom is 0.154 e. The fourth-order valence-electron chi connectivity index (χ4n) is 5.49. The number of hydrogen-bond acceptors (Lipinski definition) is 2. The van der Waals surface area contributed by atoms with E-state index in [1.165, 1.54) is 28.3 Å². The van der Waals surface area contributed by atoms with Crippen molar-refractivity contribution in [2.24, 2.45) is 0 Å². The first kappa shape index (κ1) is 23.6. The molecular weight excluding hydrogens is 486 g/mol. The van der Waals surface area contributed by atoms with E-state index in [2.05, 4.69) is 34.3 Å².